The summed E-state index contributed by atoms with van der Waals surface area (Å²) in [6, 6.07) is 7.18. The van der Waals surface area contributed by atoms with E-state index in [1.807, 2.05) is 0 Å². The molecule has 11 heteroatoms. The van der Waals surface area contributed by atoms with E-state index in [4.69, 9.17) is 5.73 Å². The van der Waals surface area contributed by atoms with Crippen LogP contribution in [0.4, 0.5) is 45.2 Å². The third-order valence-corrected chi connectivity index (χ3v) is 4.31. The summed E-state index contributed by atoms with van der Waals surface area (Å²) in [5, 5.41) is 0. The highest BCUT2D eigenvalue weighted by Crippen LogP contribution is 2.41. The lowest BCUT2D eigenvalue weighted by Gasteiger charge is -2.17. The van der Waals surface area contributed by atoms with Crippen molar-refractivity contribution in [3.8, 4) is 22.4 Å². The van der Waals surface area contributed by atoms with E-state index in [1.165, 1.54) is 0 Å². The van der Waals surface area contributed by atoms with Crippen LogP contribution in [0.15, 0.2) is 54.6 Å². The van der Waals surface area contributed by atoms with Gasteiger partial charge >= 0.3 is 18.5 Å². The quantitative estimate of drug-likeness (QED) is 0.425. The van der Waals surface area contributed by atoms with E-state index in [0.29, 0.717) is 24.3 Å². The van der Waals surface area contributed by atoms with Gasteiger partial charge in [-0.3, -0.25) is 0 Å². The Morgan fingerprint density at radius 1 is 0.613 bits per heavy atom. The minimum Gasteiger partial charge on any atom is -0.396 e. The van der Waals surface area contributed by atoms with Gasteiger partial charge in [-0.05, 0) is 35.9 Å². The van der Waals surface area contributed by atoms with Gasteiger partial charge in [0.1, 0.15) is 5.69 Å². The van der Waals surface area contributed by atoms with Crippen molar-refractivity contribution in [3.05, 3.63) is 71.4 Å². The molecule has 164 valence electrons. The van der Waals surface area contributed by atoms with E-state index in [1.54, 1.807) is 0 Å². The average Bonchev–Trinajstić information content (AvgIpc) is 2.66. The van der Waals surface area contributed by atoms with E-state index in [9.17, 15) is 39.5 Å². The number of anilines is 1. The largest absolute Gasteiger partial charge is 0.433 e. The van der Waals surface area contributed by atoms with Crippen molar-refractivity contribution in [2.45, 2.75) is 18.5 Å². The van der Waals surface area contributed by atoms with Gasteiger partial charge in [-0.1, -0.05) is 24.3 Å². The van der Waals surface area contributed by atoms with Gasteiger partial charge in [-0.15, -0.1) is 0 Å². The lowest BCUT2D eigenvalue weighted by Crippen LogP contribution is -2.11. The molecule has 0 aliphatic carbocycles. The first kappa shape index (κ1) is 22.4. The summed E-state index contributed by atoms with van der Waals surface area (Å²) in [4.78, 5) is 3.35. The average molecular weight is 450 g/mol. The monoisotopic (exact) mass is 450 g/mol. The maximum atomic E-state index is 13.4. The van der Waals surface area contributed by atoms with Crippen molar-refractivity contribution in [3.63, 3.8) is 0 Å². The van der Waals surface area contributed by atoms with Crippen LogP contribution in [-0.4, -0.2) is 4.98 Å². The van der Waals surface area contributed by atoms with Crippen molar-refractivity contribution in [1.82, 2.24) is 4.98 Å². The topological polar surface area (TPSA) is 38.9 Å². The number of alkyl halides is 9. The summed E-state index contributed by atoms with van der Waals surface area (Å²) in [5.74, 6) is 0. The molecule has 0 saturated heterocycles. The standard InChI is InChI=1S/C20H11F9N2/c21-18(22,23)12-5-1-3-10(7-12)14-9-15(20(27,28)29)31-17(16(14)30)11-4-2-6-13(8-11)19(24,25)26/h1-9H,30H2. The van der Waals surface area contributed by atoms with Gasteiger partial charge in [-0.25, -0.2) is 4.98 Å². The Bertz CT molecular complexity index is 1030. The zero-order valence-corrected chi connectivity index (χ0v) is 15.1. The van der Waals surface area contributed by atoms with E-state index < -0.39 is 52.3 Å². The second-order valence-electron chi connectivity index (χ2n) is 6.47. The molecule has 3 rings (SSSR count). The molecule has 0 fully saturated rings. The highest BCUT2D eigenvalue weighted by molar-refractivity contribution is 5.87. The first-order valence-corrected chi connectivity index (χ1v) is 8.41. The summed E-state index contributed by atoms with van der Waals surface area (Å²) < 4.78 is 118. The third-order valence-electron chi connectivity index (χ3n) is 4.31. The van der Waals surface area contributed by atoms with Crippen LogP contribution >= 0.6 is 0 Å². The van der Waals surface area contributed by atoms with Gasteiger partial charge in [0, 0.05) is 11.1 Å². The molecule has 2 N–H and O–H groups in total. The molecule has 31 heavy (non-hydrogen) atoms. The van der Waals surface area contributed by atoms with Crippen molar-refractivity contribution in [2.75, 3.05) is 5.73 Å². The first-order chi connectivity index (χ1) is 14.2. The number of benzene rings is 2. The molecule has 0 bridgehead atoms. The number of nitrogen functional groups attached to an aromatic ring is 1. The molecule has 1 aromatic heterocycles. The number of hydrogen-bond acceptors (Lipinski definition) is 2. The van der Waals surface area contributed by atoms with Crippen LogP contribution in [-0.2, 0) is 18.5 Å². The molecule has 0 spiro atoms. The van der Waals surface area contributed by atoms with E-state index >= 15 is 0 Å². The third kappa shape index (κ3) is 4.75. The Kier molecular flexibility index (Phi) is 5.41. The lowest BCUT2D eigenvalue weighted by atomic mass is 9.97. The SMILES string of the molecule is Nc1c(-c2cccc(C(F)(F)F)c2)cc(C(F)(F)F)nc1-c1cccc(C(F)(F)F)c1. The van der Waals surface area contributed by atoms with Gasteiger partial charge in [-0.2, -0.15) is 39.5 Å². The Balaban J connectivity index is 2.29. The second kappa shape index (κ2) is 7.47. The molecular formula is C20H11F9N2. The Hall–Kier alpha value is -3.24. The van der Waals surface area contributed by atoms with Crippen LogP contribution in [0.2, 0.25) is 0 Å². The highest BCUT2D eigenvalue weighted by atomic mass is 19.4. The summed E-state index contributed by atoms with van der Waals surface area (Å²) >= 11 is 0. The number of rotatable bonds is 2. The predicted octanol–water partition coefficient (Wildman–Crippen LogP) is 7.05. The van der Waals surface area contributed by atoms with Crippen molar-refractivity contribution in [2.24, 2.45) is 0 Å². The second-order valence-corrected chi connectivity index (χ2v) is 6.47. The van der Waals surface area contributed by atoms with Crippen molar-refractivity contribution >= 4 is 5.69 Å². The zero-order chi connectivity index (χ0) is 23.2. The fourth-order valence-electron chi connectivity index (χ4n) is 2.86. The summed E-state index contributed by atoms with van der Waals surface area (Å²) in [6.45, 7) is 0. The minimum absolute atomic E-state index is 0.298. The van der Waals surface area contributed by atoms with Gasteiger partial charge < -0.3 is 5.73 Å². The number of halogens is 9. The Morgan fingerprint density at radius 3 is 1.58 bits per heavy atom. The Labute approximate surface area is 169 Å². The van der Waals surface area contributed by atoms with E-state index in [2.05, 4.69) is 4.98 Å². The number of aromatic nitrogens is 1. The fraction of sp³-hybridized carbons (Fsp3) is 0.150. The van der Waals surface area contributed by atoms with Crippen molar-refractivity contribution in [1.29, 1.82) is 0 Å². The van der Waals surface area contributed by atoms with Gasteiger partial charge in [0.2, 0.25) is 0 Å². The molecule has 2 aromatic carbocycles. The predicted molar refractivity (Wildman–Crippen MR) is 94.5 cm³/mol. The maximum Gasteiger partial charge on any atom is 0.433 e. The highest BCUT2D eigenvalue weighted by Gasteiger charge is 2.36. The molecule has 0 aliphatic rings. The number of pyridine rings is 1. The lowest BCUT2D eigenvalue weighted by molar-refractivity contribution is -0.141. The van der Waals surface area contributed by atoms with Gasteiger partial charge in [0.15, 0.2) is 0 Å². The van der Waals surface area contributed by atoms with E-state index in [-0.39, 0.29) is 11.1 Å². The molecule has 0 atom stereocenters. The number of nitrogens with zero attached hydrogens (tertiary/aromatic N) is 1. The maximum absolute atomic E-state index is 13.4. The van der Waals surface area contributed by atoms with Crippen LogP contribution in [0.1, 0.15) is 16.8 Å². The molecule has 0 radical (unpaired) electrons. The molecule has 0 aliphatic heterocycles. The zero-order valence-electron chi connectivity index (χ0n) is 15.1. The molecule has 1 heterocycles. The van der Waals surface area contributed by atoms with Gasteiger partial charge in [0.25, 0.3) is 0 Å². The first-order valence-electron chi connectivity index (χ1n) is 8.41. The number of hydrogen-bond donors (Lipinski definition) is 1. The smallest absolute Gasteiger partial charge is 0.396 e. The molecule has 2 nitrogen and oxygen atoms in total. The van der Waals surface area contributed by atoms with Crippen LogP contribution < -0.4 is 5.73 Å². The van der Waals surface area contributed by atoms with Gasteiger partial charge in [0.05, 0.1) is 22.5 Å². The Morgan fingerprint density at radius 2 is 1.10 bits per heavy atom. The molecular weight excluding hydrogens is 439 g/mol. The van der Waals surface area contributed by atoms with Crippen molar-refractivity contribution < 1.29 is 39.5 Å². The molecule has 0 saturated carbocycles. The summed E-state index contributed by atoms with van der Waals surface area (Å²) in [7, 11) is 0. The summed E-state index contributed by atoms with van der Waals surface area (Å²) in [5.41, 5.74) is -0.140. The molecule has 3 aromatic rings. The molecule has 0 amide bonds. The molecule has 0 unspecified atom stereocenters. The van der Waals surface area contributed by atoms with Crippen LogP contribution in [0.25, 0.3) is 22.4 Å². The van der Waals surface area contributed by atoms with Crippen LogP contribution in [0.5, 0.6) is 0 Å². The van der Waals surface area contributed by atoms with E-state index in [0.717, 1.165) is 30.3 Å². The minimum atomic E-state index is -5.03. The normalized spacial score (nSPS) is 12.8. The van der Waals surface area contributed by atoms with Crippen LogP contribution in [0.3, 0.4) is 0 Å². The number of nitrogens with two attached hydrogens (primary N) is 1. The fourth-order valence-corrected chi connectivity index (χ4v) is 2.86. The summed E-state index contributed by atoms with van der Waals surface area (Å²) in [6.07, 6.45) is -14.6. The van der Waals surface area contributed by atoms with Crippen LogP contribution in [0, 0.1) is 0 Å².